The van der Waals surface area contributed by atoms with Crippen molar-refractivity contribution in [2.45, 2.75) is 11.3 Å². The molecule has 0 saturated heterocycles. The van der Waals surface area contributed by atoms with E-state index in [2.05, 4.69) is 19.8 Å². The monoisotopic (exact) mass is 289 g/mol. The molecule has 0 atom stereocenters. The van der Waals surface area contributed by atoms with E-state index in [0.29, 0.717) is 23.9 Å². The summed E-state index contributed by atoms with van der Waals surface area (Å²) in [5.74, 6) is 0.490. The van der Waals surface area contributed by atoms with Crippen molar-refractivity contribution < 1.29 is 12.9 Å². The minimum atomic E-state index is -3.40. The molecular weight excluding hydrogens is 278 g/mol. The smallest absolute Gasteiger partial charge is 0.228 e. The van der Waals surface area contributed by atoms with Gasteiger partial charge in [-0.1, -0.05) is 5.16 Å². The van der Waals surface area contributed by atoms with Crippen LogP contribution in [-0.4, -0.2) is 35.7 Å². The first-order chi connectivity index (χ1) is 8.48. The molecule has 8 nitrogen and oxygen atoms in total. The van der Waals surface area contributed by atoms with Gasteiger partial charge in [-0.15, -0.1) is 0 Å². The number of sulfone groups is 1. The van der Waals surface area contributed by atoms with Crippen LogP contribution in [0.1, 0.15) is 5.89 Å². The molecule has 3 N–H and O–H groups in total. The predicted molar refractivity (Wildman–Crippen MR) is 66.1 cm³/mol. The predicted octanol–water partition coefficient (Wildman–Crippen LogP) is 0.166. The molecule has 0 aliphatic heterocycles. The Morgan fingerprint density at radius 1 is 1.56 bits per heavy atom. The van der Waals surface area contributed by atoms with Gasteiger partial charge in [0.2, 0.25) is 5.89 Å². The second kappa shape index (κ2) is 4.90. The number of hydrogen-bond acceptors (Lipinski definition) is 9. The molecule has 98 valence electrons. The number of aromatic nitrogens is 3. The van der Waals surface area contributed by atoms with Crippen molar-refractivity contribution in [3.8, 4) is 0 Å². The van der Waals surface area contributed by atoms with Crippen molar-refractivity contribution in [1.82, 2.24) is 14.5 Å². The van der Waals surface area contributed by atoms with E-state index < -0.39 is 9.84 Å². The number of nitrogens with one attached hydrogen (secondary N) is 1. The third kappa shape index (κ3) is 2.76. The molecule has 0 saturated carbocycles. The number of rotatable bonds is 5. The zero-order valence-electron chi connectivity index (χ0n) is 9.45. The number of nitrogens with two attached hydrogens (primary N) is 1. The molecule has 2 rings (SSSR count). The highest BCUT2D eigenvalue weighted by Gasteiger charge is 2.20. The topological polar surface area (TPSA) is 124 Å². The highest BCUT2D eigenvalue weighted by Crippen LogP contribution is 2.31. The lowest BCUT2D eigenvalue weighted by molar-refractivity contribution is 0.380. The van der Waals surface area contributed by atoms with Crippen LogP contribution in [0, 0.1) is 0 Å². The summed E-state index contributed by atoms with van der Waals surface area (Å²) in [6.45, 7) is 0.451. The van der Waals surface area contributed by atoms with Crippen LogP contribution in [0.3, 0.4) is 0 Å². The maximum absolute atomic E-state index is 11.5. The van der Waals surface area contributed by atoms with E-state index >= 15 is 0 Å². The second-order valence-corrected chi connectivity index (χ2v) is 6.24. The third-order valence-corrected chi connectivity index (χ3v) is 4.18. The Morgan fingerprint density at radius 2 is 2.33 bits per heavy atom. The van der Waals surface area contributed by atoms with Crippen molar-refractivity contribution >= 4 is 32.2 Å². The fraction of sp³-hybridized carbons (Fsp3) is 0.375. The zero-order chi connectivity index (χ0) is 13.2. The van der Waals surface area contributed by atoms with Crippen molar-refractivity contribution in [1.29, 1.82) is 0 Å². The van der Waals surface area contributed by atoms with Gasteiger partial charge in [0.05, 0.1) is 0 Å². The van der Waals surface area contributed by atoms with Crippen molar-refractivity contribution in [2.75, 3.05) is 23.9 Å². The molecule has 0 amide bonds. The van der Waals surface area contributed by atoms with Gasteiger partial charge in [-0.25, -0.2) is 8.42 Å². The molecule has 2 aromatic rings. The van der Waals surface area contributed by atoms with Crippen LogP contribution >= 0.6 is 11.5 Å². The van der Waals surface area contributed by atoms with E-state index in [9.17, 15) is 8.42 Å². The van der Waals surface area contributed by atoms with Crippen molar-refractivity contribution in [3.63, 3.8) is 0 Å². The van der Waals surface area contributed by atoms with Gasteiger partial charge in [-0.05, 0) is 11.5 Å². The molecule has 0 bridgehead atoms. The molecule has 10 heteroatoms. The van der Waals surface area contributed by atoms with Crippen LogP contribution in [0.25, 0.3) is 0 Å². The minimum Gasteiger partial charge on any atom is -0.382 e. The molecule has 18 heavy (non-hydrogen) atoms. The molecular formula is C8H11N5O3S2. The number of nitrogens with zero attached hydrogens (tertiary/aromatic N) is 3. The Kier molecular flexibility index (Phi) is 3.48. The van der Waals surface area contributed by atoms with Crippen LogP contribution in [0.5, 0.6) is 0 Å². The van der Waals surface area contributed by atoms with Gasteiger partial charge in [0.15, 0.2) is 22.0 Å². The molecule has 2 heterocycles. The fourth-order valence-corrected chi connectivity index (χ4v) is 3.45. The summed E-state index contributed by atoms with van der Waals surface area (Å²) in [5, 5.41) is 6.84. The van der Waals surface area contributed by atoms with E-state index in [1.165, 1.54) is 6.33 Å². The molecule has 0 aliphatic rings. The highest BCUT2D eigenvalue weighted by atomic mass is 32.2. The molecule has 0 radical (unpaired) electrons. The van der Waals surface area contributed by atoms with E-state index in [-0.39, 0.29) is 10.7 Å². The average Bonchev–Trinajstić information content (AvgIpc) is 2.87. The van der Waals surface area contributed by atoms with Gasteiger partial charge >= 0.3 is 0 Å². The molecule has 0 aromatic carbocycles. The summed E-state index contributed by atoms with van der Waals surface area (Å²) in [5.41, 5.74) is 5.53. The van der Waals surface area contributed by atoms with Gasteiger partial charge in [-0.2, -0.15) is 9.36 Å². The van der Waals surface area contributed by atoms with Gasteiger partial charge < -0.3 is 15.6 Å². The fourth-order valence-electron chi connectivity index (χ4n) is 1.35. The summed E-state index contributed by atoms with van der Waals surface area (Å²) >= 11 is 1.01. The van der Waals surface area contributed by atoms with E-state index in [1.54, 1.807) is 0 Å². The summed E-state index contributed by atoms with van der Waals surface area (Å²) < 4.78 is 31.7. The molecule has 2 aromatic heterocycles. The van der Waals surface area contributed by atoms with Crippen LogP contribution in [0.4, 0.5) is 10.8 Å². The normalized spacial score (nSPS) is 11.6. The second-order valence-electron chi connectivity index (χ2n) is 3.51. The lowest BCUT2D eigenvalue weighted by Gasteiger charge is -2.03. The van der Waals surface area contributed by atoms with Crippen LogP contribution in [0.2, 0.25) is 0 Å². The number of anilines is 2. The van der Waals surface area contributed by atoms with Gasteiger partial charge in [0.25, 0.3) is 0 Å². The molecule has 0 aliphatic carbocycles. The summed E-state index contributed by atoms with van der Waals surface area (Å²) in [4.78, 5) is 3.89. The quantitative estimate of drug-likeness (QED) is 0.798. The van der Waals surface area contributed by atoms with Crippen molar-refractivity contribution in [2.24, 2.45) is 0 Å². The van der Waals surface area contributed by atoms with E-state index in [1.807, 2.05) is 0 Å². The maximum Gasteiger partial charge on any atom is 0.228 e. The Bertz CT molecular complexity index is 619. The number of nitrogen functional groups attached to an aromatic ring is 1. The zero-order valence-corrected chi connectivity index (χ0v) is 11.1. The SMILES string of the molecule is CS(=O)(=O)c1c(N)nsc1NCCc1ncno1. The van der Waals surface area contributed by atoms with Crippen LogP contribution < -0.4 is 11.1 Å². The standard InChI is InChI=1S/C8H11N5O3S2/c1-18(14,15)6-7(9)13-17-8(6)10-3-2-5-11-4-12-16-5/h4,10H,2-3H2,1H3,(H2,9,13). The first kappa shape index (κ1) is 12.8. The Hall–Kier alpha value is -1.68. The van der Waals surface area contributed by atoms with E-state index in [4.69, 9.17) is 10.3 Å². The highest BCUT2D eigenvalue weighted by molar-refractivity contribution is 7.91. The lowest BCUT2D eigenvalue weighted by atomic mass is 10.4. The molecule has 0 spiro atoms. The Labute approximate surface area is 107 Å². The first-order valence-electron chi connectivity index (χ1n) is 4.93. The average molecular weight is 289 g/mol. The van der Waals surface area contributed by atoms with Gasteiger partial charge in [-0.3, -0.25) is 0 Å². The summed E-state index contributed by atoms with van der Waals surface area (Å²) in [6.07, 6.45) is 2.89. The van der Waals surface area contributed by atoms with Crippen LogP contribution in [-0.2, 0) is 16.3 Å². The maximum atomic E-state index is 11.5. The lowest BCUT2D eigenvalue weighted by Crippen LogP contribution is -2.08. The largest absolute Gasteiger partial charge is 0.382 e. The van der Waals surface area contributed by atoms with Crippen molar-refractivity contribution in [3.05, 3.63) is 12.2 Å². The first-order valence-corrected chi connectivity index (χ1v) is 7.59. The van der Waals surface area contributed by atoms with Gasteiger partial charge in [0, 0.05) is 19.2 Å². The van der Waals surface area contributed by atoms with Gasteiger partial charge in [0.1, 0.15) is 9.90 Å². The molecule has 0 unspecified atom stereocenters. The van der Waals surface area contributed by atoms with Crippen LogP contribution in [0.15, 0.2) is 15.7 Å². The molecule has 0 fully saturated rings. The Balaban J connectivity index is 2.06. The number of hydrogen-bond donors (Lipinski definition) is 2. The third-order valence-electron chi connectivity index (χ3n) is 2.08. The Morgan fingerprint density at radius 3 is 2.94 bits per heavy atom. The summed E-state index contributed by atoms with van der Waals surface area (Å²) in [7, 11) is -3.40. The summed E-state index contributed by atoms with van der Waals surface area (Å²) in [6, 6.07) is 0. The van der Waals surface area contributed by atoms with E-state index in [0.717, 1.165) is 17.8 Å². The minimum absolute atomic E-state index is 0.0165.